The summed E-state index contributed by atoms with van der Waals surface area (Å²) in [5, 5.41) is 2.11. The Bertz CT molecular complexity index is 374. The number of Topliss-reactive ketones (excluding diaryl/α,β-unsaturated/α-hetero) is 1. The average Bonchev–Trinajstić information content (AvgIpc) is 2.84. The van der Waals surface area contributed by atoms with Crippen molar-refractivity contribution in [1.82, 2.24) is 4.90 Å². The number of hydrogen-bond donors (Lipinski definition) is 0. The van der Waals surface area contributed by atoms with Crippen molar-refractivity contribution in [2.75, 3.05) is 13.6 Å². The summed E-state index contributed by atoms with van der Waals surface area (Å²) < 4.78 is 0. The number of carbonyl (C=O) groups is 1. The lowest BCUT2D eigenvalue weighted by Crippen LogP contribution is -2.34. The minimum atomic E-state index is 0.272. The molecule has 18 heavy (non-hydrogen) atoms. The molecule has 2 nitrogen and oxygen atoms in total. The number of carbonyl (C=O) groups excluding carboxylic acids is 1. The van der Waals surface area contributed by atoms with Crippen LogP contribution in [0.4, 0.5) is 0 Å². The predicted octanol–water partition coefficient (Wildman–Crippen LogP) is 3.58. The molecular formula is C15H23NOS. The maximum atomic E-state index is 12.0. The SMILES string of the molecule is CCC1CCC(=O)C(CN(C)Cc2cccs2)C1. The second kappa shape index (κ2) is 6.48. The molecule has 100 valence electrons. The van der Waals surface area contributed by atoms with E-state index in [9.17, 15) is 4.79 Å². The van der Waals surface area contributed by atoms with Crippen molar-refractivity contribution in [2.45, 2.75) is 39.2 Å². The van der Waals surface area contributed by atoms with Gasteiger partial charge in [-0.2, -0.15) is 0 Å². The van der Waals surface area contributed by atoms with E-state index in [1.807, 2.05) is 0 Å². The Kier molecular flexibility index (Phi) is 4.95. The molecule has 1 saturated carbocycles. The summed E-state index contributed by atoms with van der Waals surface area (Å²) in [7, 11) is 2.13. The molecule has 0 aliphatic heterocycles. The molecule has 0 radical (unpaired) electrons. The van der Waals surface area contributed by atoms with Gasteiger partial charge in [-0.15, -0.1) is 11.3 Å². The Labute approximate surface area is 114 Å². The fourth-order valence-electron chi connectivity index (χ4n) is 2.86. The summed E-state index contributed by atoms with van der Waals surface area (Å²) in [5.41, 5.74) is 0. The van der Waals surface area contributed by atoms with Gasteiger partial charge in [-0.3, -0.25) is 4.79 Å². The molecule has 1 aliphatic carbocycles. The molecule has 2 rings (SSSR count). The Hall–Kier alpha value is -0.670. The summed E-state index contributed by atoms with van der Waals surface area (Å²) in [4.78, 5) is 15.6. The highest BCUT2D eigenvalue weighted by atomic mass is 32.1. The van der Waals surface area contributed by atoms with Crippen LogP contribution in [-0.4, -0.2) is 24.3 Å². The second-order valence-electron chi connectivity index (χ2n) is 5.49. The van der Waals surface area contributed by atoms with Crippen molar-refractivity contribution in [2.24, 2.45) is 11.8 Å². The second-order valence-corrected chi connectivity index (χ2v) is 6.52. The summed E-state index contributed by atoms with van der Waals surface area (Å²) in [6, 6.07) is 4.26. The zero-order chi connectivity index (χ0) is 13.0. The average molecular weight is 265 g/mol. The molecule has 1 aliphatic rings. The van der Waals surface area contributed by atoms with E-state index < -0.39 is 0 Å². The first-order valence-corrected chi connectivity index (χ1v) is 7.80. The van der Waals surface area contributed by atoms with Gasteiger partial charge in [-0.25, -0.2) is 0 Å². The molecule has 1 heterocycles. The van der Waals surface area contributed by atoms with Crippen molar-refractivity contribution in [1.29, 1.82) is 0 Å². The molecule has 0 saturated heterocycles. The summed E-state index contributed by atoms with van der Waals surface area (Å²) in [5.74, 6) is 1.52. The van der Waals surface area contributed by atoms with Crippen molar-refractivity contribution < 1.29 is 4.79 Å². The van der Waals surface area contributed by atoms with E-state index in [4.69, 9.17) is 0 Å². The normalized spacial score (nSPS) is 24.7. The van der Waals surface area contributed by atoms with Crippen LogP contribution in [0.1, 0.15) is 37.5 Å². The first-order valence-electron chi connectivity index (χ1n) is 6.92. The van der Waals surface area contributed by atoms with Gasteiger partial charge < -0.3 is 4.90 Å². The Morgan fingerprint density at radius 1 is 1.50 bits per heavy atom. The fraction of sp³-hybridized carbons (Fsp3) is 0.667. The van der Waals surface area contributed by atoms with Gasteiger partial charge in [-0.1, -0.05) is 19.4 Å². The molecule has 0 N–H and O–H groups in total. The van der Waals surface area contributed by atoms with E-state index in [2.05, 4.69) is 36.4 Å². The van der Waals surface area contributed by atoms with Gasteiger partial charge in [0.15, 0.2) is 0 Å². The van der Waals surface area contributed by atoms with Crippen LogP contribution in [0.25, 0.3) is 0 Å². The van der Waals surface area contributed by atoms with Crippen LogP contribution >= 0.6 is 11.3 Å². The van der Waals surface area contributed by atoms with E-state index in [1.54, 1.807) is 11.3 Å². The lowest BCUT2D eigenvalue weighted by atomic mass is 9.79. The van der Waals surface area contributed by atoms with E-state index in [0.717, 1.165) is 38.3 Å². The molecule has 0 amide bonds. The molecule has 2 atom stereocenters. The largest absolute Gasteiger partial charge is 0.301 e. The number of thiophene rings is 1. The van der Waals surface area contributed by atoms with E-state index in [0.29, 0.717) is 5.78 Å². The first-order chi connectivity index (χ1) is 8.69. The maximum absolute atomic E-state index is 12.0. The Morgan fingerprint density at radius 2 is 2.33 bits per heavy atom. The van der Waals surface area contributed by atoms with Gasteiger partial charge in [0.1, 0.15) is 5.78 Å². The number of hydrogen-bond acceptors (Lipinski definition) is 3. The van der Waals surface area contributed by atoms with Crippen LogP contribution < -0.4 is 0 Å². The first kappa shape index (κ1) is 13.8. The van der Waals surface area contributed by atoms with Crippen LogP contribution in [0.15, 0.2) is 17.5 Å². The highest BCUT2D eigenvalue weighted by Gasteiger charge is 2.28. The van der Waals surface area contributed by atoms with Crippen LogP contribution in [-0.2, 0) is 11.3 Å². The third-order valence-corrected chi connectivity index (χ3v) is 4.85. The van der Waals surface area contributed by atoms with Gasteiger partial charge in [0, 0.05) is 30.3 Å². The van der Waals surface area contributed by atoms with Crippen LogP contribution in [0.3, 0.4) is 0 Å². The Morgan fingerprint density at radius 3 is 3.00 bits per heavy atom. The van der Waals surface area contributed by atoms with Crippen LogP contribution in [0.2, 0.25) is 0 Å². The Balaban J connectivity index is 1.85. The topological polar surface area (TPSA) is 20.3 Å². The summed E-state index contributed by atoms with van der Waals surface area (Å²) in [6.45, 7) is 4.14. The van der Waals surface area contributed by atoms with Crippen molar-refractivity contribution in [3.05, 3.63) is 22.4 Å². The molecular weight excluding hydrogens is 242 g/mol. The maximum Gasteiger partial charge on any atom is 0.137 e. The quantitative estimate of drug-likeness (QED) is 0.811. The molecule has 3 heteroatoms. The summed E-state index contributed by atoms with van der Waals surface area (Å²) >= 11 is 1.79. The van der Waals surface area contributed by atoms with Crippen molar-refractivity contribution in [3.8, 4) is 0 Å². The molecule has 2 unspecified atom stereocenters. The number of nitrogens with zero attached hydrogens (tertiary/aromatic N) is 1. The summed E-state index contributed by atoms with van der Waals surface area (Å²) in [6.07, 6.45) is 4.24. The zero-order valence-corrected chi connectivity index (χ0v) is 12.2. The van der Waals surface area contributed by atoms with Gasteiger partial charge in [0.2, 0.25) is 0 Å². The van der Waals surface area contributed by atoms with Gasteiger partial charge >= 0.3 is 0 Å². The van der Waals surface area contributed by atoms with E-state index in [-0.39, 0.29) is 5.92 Å². The fourth-order valence-corrected chi connectivity index (χ4v) is 3.64. The molecule has 0 bridgehead atoms. The smallest absolute Gasteiger partial charge is 0.137 e. The van der Waals surface area contributed by atoms with Crippen LogP contribution in [0.5, 0.6) is 0 Å². The van der Waals surface area contributed by atoms with Gasteiger partial charge in [-0.05, 0) is 37.3 Å². The van der Waals surface area contributed by atoms with Crippen LogP contribution in [0, 0.1) is 11.8 Å². The monoisotopic (exact) mass is 265 g/mol. The minimum absolute atomic E-state index is 0.272. The molecule has 1 aromatic heterocycles. The highest BCUT2D eigenvalue weighted by Crippen LogP contribution is 2.29. The number of ketones is 1. The lowest BCUT2D eigenvalue weighted by molar-refractivity contribution is -0.126. The van der Waals surface area contributed by atoms with E-state index >= 15 is 0 Å². The van der Waals surface area contributed by atoms with Gasteiger partial charge in [0.05, 0.1) is 0 Å². The van der Waals surface area contributed by atoms with Crippen molar-refractivity contribution in [3.63, 3.8) is 0 Å². The van der Waals surface area contributed by atoms with Gasteiger partial charge in [0.25, 0.3) is 0 Å². The van der Waals surface area contributed by atoms with E-state index in [1.165, 1.54) is 11.3 Å². The molecule has 0 aromatic carbocycles. The number of rotatable bonds is 5. The third kappa shape index (κ3) is 3.66. The molecule has 1 fully saturated rings. The standard InChI is InChI=1S/C15H23NOS/c1-3-12-6-7-15(17)13(9-12)10-16(2)11-14-5-4-8-18-14/h4-5,8,12-13H,3,6-7,9-11H2,1-2H3. The van der Waals surface area contributed by atoms with Crippen molar-refractivity contribution >= 4 is 17.1 Å². The lowest BCUT2D eigenvalue weighted by Gasteiger charge is -2.30. The zero-order valence-electron chi connectivity index (χ0n) is 11.4. The highest BCUT2D eigenvalue weighted by molar-refractivity contribution is 7.09. The predicted molar refractivity (Wildman–Crippen MR) is 76.8 cm³/mol. The molecule has 0 spiro atoms. The minimum Gasteiger partial charge on any atom is -0.301 e. The third-order valence-electron chi connectivity index (χ3n) is 3.99. The molecule has 1 aromatic rings.